The summed E-state index contributed by atoms with van der Waals surface area (Å²) in [5.74, 6) is -0.288. The maximum absolute atomic E-state index is 13.7. The van der Waals surface area contributed by atoms with Gasteiger partial charge in [0.15, 0.2) is 0 Å². The van der Waals surface area contributed by atoms with Gasteiger partial charge in [0, 0.05) is 12.7 Å². The van der Waals surface area contributed by atoms with Crippen LogP contribution in [0.15, 0.2) is 77.8 Å². The Morgan fingerprint density at radius 1 is 0.941 bits per heavy atom. The van der Waals surface area contributed by atoms with Crippen LogP contribution in [0.1, 0.15) is 44.5 Å². The Morgan fingerprint density at radius 2 is 1.59 bits per heavy atom. The molecule has 0 aliphatic heterocycles. The number of carbonyl (C=O) groups is 1. The normalized spacial score (nSPS) is 11.8. The van der Waals surface area contributed by atoms with Crippen LogP contribution in [0, 0.1) is 6.92 Å². The maximum atomic E-state index is 13.7. The Hall–Kier alpha value is -3.19. The Morgan fingerprint density at radius 3 is 2.12 bits per heavy atom. The fraction of sp³-hybridized carbons (Fsp3) is 0.333. The van der Waals surface area contributed by atoms with E-state index in [0.717, 1.165) is 16.8 Å². The summed E-state index contributed by atoms with van der Waals surface area (Å²) in [4.78, 5) is 19.3. The number of likely N-dealkylation sites (N-methyl/N-ethyl adjacent to an activating group) is 1. The second-order valence-electron chi connectivity index (χ2n) is 9.35. The van der Waals surface area contributed by atoms with Crippen LogP contribution in [0.3, 0.4) is 0 Å². The highest BCUT2D eigenvalue weighted by Crippen LogP contribution is 2.27. The van der Waals surface area contributed by atoms with Gasteiger partial charge in [0.25, 0.3) is 10.0 Å². The van der Waals surface area contributed by atoms with Crippen LogP contribution < -0.4 is 4.31 Å². The third-order valence-corrected chi connectivity index (χ3v) is 7.51. The minimum absolute atomic E-state index is 0.0952. The molecule has 0 saturated carbocycles. The van der Waals surface area contributed by atoms with Gasteiger partial charge in [-0.25, -0.2) is 8.42 Å². The van der Waals surface area contributed by atoms with Gasteiger partial charge >= 0.3 is 0 Å². The van der Waals surface area contributed by atoms with Gasteiger partial charge in [-0.05, 0) is 61.2 Å². The molecule has 7 heteroatoms. The molecule has 1 aromatic heterocycles. The summed E-state index contributed by atoms with van der Waals surface area (Å²) in [6.07, 6.45) is 1.68. The van der Waals surface area contributed by atoms with Gasteiger partial charge < -0.3 is 4.90 Å². The number of rotatable bonds is 8. The number of anilines is 1. The van der Waals surface area contributed by atoms with Crippen molar-refractivity contribution in [1.82, 2.24) is 9.88 Å². The molecule has 2 aromatic carbocycles. The summed E-state index contributed by atoms with van der Waals surface area (Å²) in [5, 5.41) is 0. The van der Waals surface area contributed by atoms with Crippen molar-refractivity contribution in [1.29, 1.82) is 0 Å². The molecule has 34 heavy (non-hydrogen) atoms. The van der Waals surface area contributed by atoms with Crippen molar-refractivity contribution in [3.8, 4) is 0 Å². The molecule has 0 saturated heterocycles. The lowest BCUT2D eigenvalue weighted by Crippen LogP contribution is -2.43. The highest BCUT2D eigenvalue weighted by Gasteiger charge is 2.29. The lowest BCUT2D eigenvalue weighted by atomic mass is 9.87. The Balaban J connectivity index is 1.95. The minimum atomic E-state index is -3.97. The number of pyridine rings is 1. The van der Waals surface area contributed by atoms with Gasteiger partial charge in [0.05, 0.1) is 22.8 Å². The second-order valence-corrected chi connectivity index (χ2v) is 11.2. The van der Waals surface area contributed by atoms with Crippen molar-refractivity contribution >= 4 is 21.6 Å². The number of amides is 1. The zero-order chi connectivity index (χ0) is 24.9. The van der Waals surface area contributed by atoms with Crippen LogP contribution >= 0.6 is 0 Å². The van der Waals surface area contributed by atoms with Gasteiger partial charge in [-0.15, -0.1) is 0 Å². The lowest BCUT2D eigenvalue weighted by Gasteiger charge is -2.28. The molecule has 3 aromatic rings. The molecule has 0 N–H and O–H groups in total. The number of carbonyl (C=O) groups excluding carboxylic acids is 1. The summed E-state index contributed by atoms with van der Waals surface area (Å²) in [7, 11) is -3.97. The molecule has 1 amide bonds. The van der Waals surface area contributed by atoms with Gasteiger partial charge in [-0.2, -0.15) is 0 Å². The first kappa shape index (κ1) is 25.4. The highest BCUT2D eigenvalue weighted by molar-refractivity contribution is 7.92. The molecule has 1 heterocycles. The Kier molecular flexibility index (Phi) is 7.77. The smallest absolute Gasteiger partial charge is 0.264 e. The van der Waals surface area contributed by atoms with E-state index in [9.17, 15) is 13.2 Å². The fourth-order valence-corrected chi connectivity index (χ4v) is 4.98. The number of hydrogen-bond donors (Lipinski definition) is 0. The van der Waals surface area contributed by atoms with E-state index in [1.54, 1.807) is 35.4 Å². The number of aryl methyl sites for hydroxylation is 1. The number of hydrogen-bond acceptors (Lipinski definition) is 4. The summed E-state index contributed by atoms with van der Waals surface area (Å²) >= 11 is 0. The van der Waals surface area contributed by atoms with Crippen LogP contribution in [-0.4, -0.2) is 37.3 Å². The Labute approximate surface area is 203 Å². The molecule has 6 nitrogen and oxygen atoms in total. The molecular formula is C27H33N3O3S. The summed E-state index contributed by atoms with van der Waals surface area (Å²) < 4.78 is 28.6. The van der Waals surface area contributed by atoms with Crippen LogP contribution in [0.2, 0.25) is 0 Å². The van der Waals surface area contributed by atoms with Gasteiger partial charge in [0.2, 0.25) is 5.91 Å². The average molecular weight is 480 g/mol. The largest absolute Gasteiger partial charge is 0.336 e. The van der Waals surface area contributed by atoms with Crippen molar-refractivity contribution in [2.45, 2.75) is 51.5 Å². The van der Waals surface area contributed by atoms with Crippen LogP contribution in [-0.2, 0) is 26.8 Å². The number of aromatic nitrogens is 1. The maximum Gasteiger partial charge on any atom is 0.264 e. The van der Waals surface area contributed by atoms with E-state index >= 15 is 0 Å². The van der Waals surface area contributed by atoms with Crippen LogP contribution in [0.25, 0.3) is 0 Å². The summed E-state index contributed by atoms with van der Waals surface area (Å²) in [6.45, 7) is 10.5. The molecular weight excluding hydrogens is 446 g/mol. The Bertz CT molecular complexity index is 1200. The quantitative estimate of drug-likeness (QED) is 0.459. The second kappa shape index (κ2) is 10.4. The van der Waals surface area contributed by atoms with Gasteiger partial charge in [-0.3, -0.25) is 14.1 Å². The summed E-state index contributed by atoms with van der Waals surface area (Å²) in [6, 6.07) is 19.6. The van der Waals surface area contributed by atoms with E-state index in [2.05, 4.69) is 25.8 Å². The zero-order valence-electron chi connectivity index (χ0n) is 20.5. The van der Waals surface area contributed by atoms with Gasteiger partial charge in [-0.1, -0.05) is 56.7 Å². The summed E-state index contributed by atoms with van der Waals surface area (Å²) in [5.41, 5.74) is 3.15. The molecule has 0 unspecified atom stereocenters. The predicted octanol–water partition coefficient (Wildman–Crippen LogP) is 4.93. The highest BCUT2D eigenvalue weighted by atomic mass is 32.2. The number of nitrogens with zero attached hydrogens (tertiary/aromatic N) is 3. The SMILES string of the molecule is CCN(Cc1ccccn1)C(=O)CN(c1ccc(C)cc1)S(=O)(=O)c1ccc(C(C)(C)C)cc1. The van der Waals surface area contributed by atoms with E-state index in [1.807, 2.05) is 56.3 Å². The van der Waals surface area contributed by atoms with Crippen molar-refractivity contribution in [3.63, 3.8) is 0 Å². The molecule has 3 rings (SSSR count). The van der Waals surface area contributed by atoms with Gasteiger partial charge in [0.1, 0.15) is 6.54 Å². The minimum Gasteiger partial charge on any atom is -0.336 e. The first-order valence-electron chi connectivity index (χ1n) is 11.4. The zero-order valence-corrected chi connectivity index (χ0v) is 21.3. The topological polar surface area (TPSA) is 70.6 Å². The number of benzene rings is 2. The van der Waals surface area contributed by atoms with E-state index in [4.69, 9.17) is 0 Å². The molecule has 180 valence electrons. The van der Waals surface area contributed by atoms with Crippen molar-refractivity contribution < 1.29 is 13.2 Å². The molecule has 0 bridgehead atoms. The monoisotopic (exact) mass is 479 g/mol. The van der Waals surface area contributed by atoms with E-state index in [-0.39, 0.29) is 22.8 Å². The average Bonchev–Trinajstić information content (AvgIpc) is 2.81. The first-order valence-corrected chi connectivity index (χ1v) is 12.8. The molecule has 0 atom stereocenters. The van der Waals surface area contributed by atoms with Crippen molar-refractivity contribution in [2.24, 2.45) is 0 Å². The van der Waals surface area contributed by atoms with E-state index in [0.29, 0.717) is 18.8 Å². The third-order valence-electron chi connectivity index (χ3n) is 5.72. The molecule has 0 spiro atoms. The van der Waals surface area contributed by atoms with E-state index in [1.165, 1.54) is 4.31 Å². The van der Waals surface area contributed by atoms with Crippen molar-refractivity contribution in [2.75, 3.05) is 17.4 Å². The molecule has 0 radical (unpaired) electrons. The van der Waals surface area contributed by atoms with E-state index < -0.39 is 10.0 Å². The molecule has 0 aliphatic carbocycles. The number of sulfonamides is 1. The van der Waals surface area contributed by atoms with Crippen LogP contribution in [0.5, 0.6) is 0 Å². The van der Waals surface area contributed by atoms with Crippen LogP contribution in [0.4, 0.5) is 5.69 Å². The predicted molar refractivity (Wildman–Crippen MR) is 136 cm³/mol. The fourth-order valence-electron chi connectivity index (χ4n) is 3.57. The van der Waals surface area contributed by atoms with Crippen molar-refractivity contribution in [3.05, 3.63) is 89.7 Å². The lowest BCUT2D eigenvalue weighted by molar-refractivity contribution is -0.130. The standard InChI is InChI=1S/C27H33N3O3S/c1-6-29(19-23-9-7-8-18-28-23)26(31)20-30(24-14-10-21(2)11-15-24)34(32,33)25-16-12-22(13-17-25)27(3,4)5/h7-18H,6,19-20H2,1-5H3. The molecule has 0 aliphatic rings. The molecule has 0 fully saturated rings. The first-order chi connectivity index (χ1) is 16.0. The third kappa shape index (κ3) is 6.03.